The predicted octanol–water partition coefficient (Wildman–Crippen LogP) is 4.54. The highest BCUT2D eigenvalue weighted by Crippen LogP contribution is 2.32. The molecule has 5 rings (SSSR count). The molecule has 0 radical (unpaired) electrons. The summed E-state index contributed by atoms with van der Waals surface area (Å²) in [6, 6.07) is 11.4. The summed E-state index contributed by atoms with van der Waals surface area (Å²) in [5.41, 5.74) is 0.538. The summed E-state index contributed by atoms with van der Waals surface area (Å²) >= 11 is 0. The van der Waals surface area contributed by atoms with Crippen molar-refractivity contribution in [3.63, 3.8) is 0 Å². The molecule has 0 saturated heterocycles. The highest BCUT2D eigenvalue weighted by Gasteiger charge is 2.48. The first-order valence-electron chi connectivity index (χ1n) is 11.9. The molecule has 7 nitrogen and oxygen atoms in total. The predicted molar refractivity (Wildman–Crippen MR) is 124 cm³/mol. The highest BCUT2D eigenvalue weighted by molar-refractivity contribution is 6.00. The van der Waals surface area contributed by atoms with Gasteiger partial charge < -0.3 is 14.6 Å². The number of furan rings is 1. The van der Waals surface area contributed by atoms with E-state index in [1.807, 2.05) is 0 Å². The smallest absolute Gasteiger partial charge is 0.273 e. The van der Waals surface area contributed by atoms with Gasteiger partial charge in [0.2, 0.25) is 5.91 Å². The number of carbonyl (C=O) groups is 2. The Morgan fingerprint density at radius 3 is 2.59 bits per heavy atom. The summed E-state index contributed by atoms with van der Waals surface area (Å²) in [5, 5.41) is 7.81. The highest BCUT2D eigenvalue weighted by atomic mass is 19.1. The third-order valence-electron chi connectivity index (χ3n) is 7.00. The van der Waals surface area contributed by atoms with Gasteiger partial charge in [-0.2, -0.15) is 5.10 Å². The monoisotopic (exact) mass is 464 g/mol. The summed E-state index contributed by atoms with van der Waals surface area (Å²) in [5.74, 6) is -0.261. The zero-order valence-corrected chi connectivity index (χ0v) is 19.3. The number of halogens is 1. The van der Waals surface area contributed by atoms with Gasteiger partial charge >= 0.3 is 0 Å². The molecule has 2 aromatic heterocycles. The SMILES string of the molecule is C[C@@]1(C(=O)NC2CCCCCC2)Cn2nc(-c3ccco3)cc2C(=O)N1Cc1ccc(F)cc1. The van der Waals surface area contributed by atoms with Gasteiger partial charge in [-0.3, -0.25) is 14.3 Å². The minimum Gasteiger partial charge on any atom is -0.463 e. The Balaban J connectivity index is 1.49. The summed E-state index contributed by atoms with van der Waals surface area (Å²) in [6.07, 6.45) is 8.01. The summed E-state index contributed by atoms with van der Waals surface area (Å²) < 4.78 is 20.6. The molecule has 34 heavy (non-hydrogen) atoms. The topological polar surface area (TPSA) is 80.4 Å². The molecule has 2 aliphatic rings. The van der Waals surface area contributed by atoms with Gasteiger partial charge in [-0.05, 0) is 49.6 Å². The average molecular weight is 465 g/mol. The molecule has 2 amide bonds. The van der Waals surface area contributed by atoms with Crippen molar-refractivity contribution >= 4 is 11.8 Å². The van der Waals surface area contributed by atoms with Crippen LogP contribution >= 0.6 is 0 Å². The minimum atomic E-state index is -1.16. The first-order valence-corrected chi connectivity index (χ1v) is 11.9. The minimum absolute atomic E-state index is 0.104. The van der Waals surface area contributed by atoms with Crippen molar-refractivity contribution in [2.45, 2.75) is 70.1 Å². The van der Waals surface area contributed by atoms with Crippen molar-refractivity contribution in [2.75, 3.05) is 0 Å². The Kier molecular flexibility index (Phi) is 5.98. The van der Waals surface area contributed by atoms with Crippen molar-refractivity contribution in [1.29, 1.82) is 0 Å². The van der Waals surface area contributed by atoms with Crippen LogP contribution in [0.25, 0.3) is 11.5 Å². The van der Waals surface area contributed by atoms with Crippen molar-refractivity contribution in [1.82, 2.24) is 20.0 Å². The molecule has 0 unspecified atom stereocenters. The number of carbonyl (C=O) groups excluding carboxylic acids is 2. The molecule has 178 valence electrons. The zero-order valence-electron chi connectivity index (χ0n) is 19.3. The first-order chi connectivity index (χ1) is 16.4. The van der Waals surface area contributed by atoms with Crippen molar-refractivity contribution in [2.24, 2.45) is 0 Å². The van der Waals surface area contributed by atoms with Crippen LogP contribution in [0.2, 0.25) is 0 Å². The zero-order chi connectivity index (χ0) is 23.7. The molecule has 1 N–H and O–H groups in total. The summed E-state index contributed by atoms with van der Waals surface area (Å²) in [7, 11) is 0. The Morgan fingerprint density at radius 2 is 1.91 bits per heavy atom. The van der Waals surface area contributed by atoms with E-state index in [-0.39, 0.29) is 36.8 Å². The number of benzene rings is 1. The molecule has 1 fully saturated rings. The molecule has 0 bridgehead atoms. The van der Waals surface area contributed by atoms with Crippen LogP contribution in [0.3, 0.4) is 0 Å². The molecule has 1 aliphatic heterocycles. The molecule has 1 aliphatic carbocycles. The number of hydrogen-bond donors (Lipinski definition) is 1. The molecule has 1 saturated carbocycles. The van der Waals surface area contributed by atoms with E-state index in [0.29, 0.717) is 17.1 Å². The van der Waals surface area contributed by atoms with Gasteiger partial charge in [-0.25, -0.2) is 4.39 Å². The lowest BCUT2D eigenvalue weighted by Gasteiger charge is -2.44. The summed E-state index contributed by atoms with van der Waals surface area (Å²) in [4.78, 5) is 29.0. The van der Waals surface area contributed by atoms with Crippen LogP contribution in [-0.4, -0.2) is 38.1 Å². The number of aromatic nitrogens is 2. The Bertz CT molecular complexity index is 1160. The number of fused-ring (bicyclic) bond motifs is 1. The lowest BCUT2D eigenvalue weighted by atomic mass is 9.93. The van der Waals surface area contributed by atoms with Crippen molar-refractivity contribution < 1.29 is 18.4 Å². The fraction of sp³-hybridized carbons (Fsp3) is 0.423. The molecular formula is C26H29FN4O3. The number of hydrogen-bond acceptors (Lipinski definition) is 4. The second-order valence-electron chi connectivity index (χ2n) is 9.50. The van der Waals surface area contributed by atoms with E-state index >= 15 is 0 Å². The number of rotatable bonds is 5. The van der Waals surface area contributed by atoms with Gasteiger partial charge in [-0.15, -0.1) is 0 Å². The van der Waals surface area contributed by atoms with Crippen LogP contribution in [0.15, 0.2) is 53.1 Å². The standard InChI is InChI=1S/C26H29FN4O3/c1-26(25(33)28-20-7-4-2-3-5-8-20)17-31-22(15-21(29-31)23-9-6-14-34-23)24(32)30(26)16-18-10-12-19(27)13-11-18/h6,9-15,20H,2-5,7-8,16-17H2,1H3,(H,28,33)/t26-/m0/s1. The van der Waals surface area contributed by atoms with E-state index in [2.05, 4.69) is 10.4 Å². The van der Waals surface area contributed by atoms with Crippen LogP contribution in [0, 0.1) is 5.82 Å². The Labute approximate surface area is 197 Å². The maximum absolute atomic E-state index is 13.7. The van der Waals surface area contributed by atoms with Crippen LogP contribution in [0.4, 0.5) is 4.39 Å². The fourth-order valence-electron chi connectivity index (χ4n) is 4.97. The first kappa shape index (κ1) is 22.4. The van der Waals surface area contributed by atoms with Gasteiger partial charge in [0.05, 0.1) is 12.8 Å². The van der Waals surface area contributed by atoms with E-state index in [1.54, 1.807) is 53.1 Å². The molecule has 3 aromatic rings. The fourth-order valence-corrected chi connectivity index (χ4v) is 4.97. The van der Waals surface area contributed by atoms with Gasteiger partial charge in [0.1, 0.15) is 22.7 Å². The number of nitrogens with zero attached hydrogens (tertiary/aromatic N) is 3. The van der Waals surface area contributed by atoms with Gasteiger partial charge in [0.15, 0.2) is 5.76 Å². The van der Waals surface area contributed by atoms with E-state index in [4.69, 9.17) is 4.42 Å². The largest absolute Gasteiger partial charge is 0.463 e. The van der Waals surface area contributed by atoms with E-state index in [1.165, 1.54) is 25.0 Å². The number of nitrogens with one attached hydrogen (secondary N) is 1. The van der Waals surface area contributed by atoms with Gasteiger partial charge in [-0.1, -0.05) is 37.8 Å². The third kappa shape index (κ3) is 4.24. The van der Waals surface area contributed by atoms with E-state index in [9.17, 15) is 14.0 Å². The van der Waals surface area contributed by atoms with Crippen molar-refractivity contribution in [3.05, 3.63) is 65.8 Å². The lowest BCUT2D eigenvalue weighted by molar-refractivity contribution is -0.134. The van der Waals surface area contributed by atoms with Gasteiger partial charge in [0.25, 0.3) is 5.91 Å². The second kappa shape index (κ2) is 9.08. The van der Waals surface area contributed by atoms with Crippen molar-refractivity contribution in [3.8, 4) is 11.5 Å². The molecular weight excluding hydrogens is 435 g/mol. The normalized spacial score (nSPS) is 21.2. The second-order valence-corrected chi connectivity index (χ2v) is 9.50. The molecule has 1 atom stereocenters. The van der Waals surface area contributed by atoms with Gasteiger partial charge in [0, 0.05) is 18.7 Å². The lowest BCUT2D eigenvalue weighted by Crippen LogP contribution is -2.64. The molecule has 1 aromatic carbocycles. The summed E-state index contributed by atoms with van der Waals surface area (Å²) in [6.45, 7) is 2.20. The van der Waals surface area contributed by atoms with E-state index in [0.717, 1.165) is 31.2 Å². The van der Waals surface area contributed by atoms with E-state index < -0.39 is 5.54 Å². The van der Waals surface area contributed by atoms with Crippen LogP contribution in [0.1, 0.15) is 61.5 Å². The van der Waals surface area contributed by atoms with Crippen LogP contribution in [-0.2, 0) is 17.9 Å². The molecule has 0 spiro atoms. The quantitative estimate of drug-likeness (QED) is 0.563. The van der Waals surface area contributed by atoms with Crippen LogP contribution in [0.5, 0.6) is 0 Å². The third-order valence-corrected chi connectivity index (χ3v) is 7.00. The maximum Gasteiger partial charge on any atom is 0.273 e. The average Bonchev–Trinajstić information content (AvgIpc) is 3.43. The maximum atomic E-state index is 13.7. The Morgan fingerprint density at radius 1 is 1.18 bits per heavy atom. The number of amides is 2. The Hall–Kier alpha value is -3.42. The molecule has 3 heterocycles. The molecule has 8 heteroatoms. The van der Waals surface area contributed by atoms with Crippen LogP contribution < -0.4 is 5.32 Å².